The maximum Gasteiger partial charge on any atom is 0.118 e. The second-order valence-electron chi connectivity index (χ2n) is 4.95. The first-order valence-corrected chi connectivity index (χ1v) is 4.80. The van der Waals surface area contributed by atoms with Crippen molar-refractivity contribution in [1.82, 2.24) is 5.32 Å². The third-order valence-electron chi connectivity index (χ3n) is 2.90. The van der Waals surface area contributed by atoms with Crippen LogP contribution in [0.15, 0.2) is 0 Å². The van der Waals surface area contributed by atoms with Gasteiger partial charge in [0.2, 0.25) is 0 Å². The van der Waals surface area contributed by atoms with Crippen LogP contribution in [-0.2, 0) is 0 Å². The minimum absolute atomic E-state index is 0.0305. The van der Waals surface area contributed by atoms with E-state index in [1.165, 1.54) is 0 Å². The molecule has 0 amide bonds. The van der Waals surface area contributed by atoms with Gasteiger partial charge in [-0.15, -0.1) is 0 Å². The van der Waals surface area contributed by atoms with Crippen LogP contribution in [0.1, 0.15) is 34.1 Å². The average Bonchev–Trinajstić information content (AvgIpc) is 1.92. The van der Waals surface area contributed by atoms with Crippen molar-refractivity contribution in [2.24, 2.45) is 11.3 Å². The molecule has 3 unspecified atom stereocenters. The van der Waals surface area contributed by atoms with Gasteiger partial charge in [0, 0.05) is 6.04 Å². The van der Waals surface area contributed by atoms with Gasteiger partial charge in [-0.1, -0.05) is 20.8 Å². The molecule has 0 aromatic rings. The van der Waals surface area contributed by atoms with Crippen LogP contribution in [0.25, 0.3) is 0 Å². The fraction of sp³-hybridized carbons (Fsp3) is 1.00. The van der Waals surface area contributed by atoms with E-state index in [4.69, 9.17) is 0 Å². The molecule has 1 aliphatic heterocycles. The minimum atomic E-state index is -0.682. The van der Waals surface area contributed by atoms with Gasteiger partial charge in [-0.2, -0.15) is 0 Å². The van der Waals surface area contributed by atoms with Crippen molar-refractivity contribution in [3.63, 3.8) is 0 Å². The van der Waals surface area contributed by atoms with Crippen molar-refractivity contribution in [1.29, 1.82) is 0 Å². The Hall–Kier alpha value is -0.110. The molecule has 1 aliphatic rings. The zero-order chi connectivity index (χ0) is 9.35. The number of nitrogens with one attached hydrogen (secondary N) is 1. The number of hydrogen-bond donors (Lipinski definition) is 1. The molecular formula is C10H20FN. The number of rotatable bonds is 0. The van der Waals surface area contributed by atoms with Crippen molar-refractivity contribution in [2.75, 3.05) is 6.54 Å². The smallest absolute Gasteiger partial charge is 0.118 e. The molecule has 0 aromatic heterocycles. The highest BCUT2D eigenvalue weighted by atomic mass is 19.1. The van der Waals surface area contributed by atoms with Crippen LogP contribution in [0.4, 0.5) is 4.39 Å². The monoisotopic (exact) mass is 173 g/mol. The average molecular weight is 173 g/mol. The normalized spacial score (nSPS) is 38.2. The van der Waals surface area contributed by atoms with Gasteiger partial charge in [0.05, 0.1) is 0 Å². The van der Waals surface area contributed by atoms with Crippen LogP contribution in [-0.4, -0.2) is 18.8 Å². The van der Waals surface area contributed by atoms with Gasteiger partial charge in [-0.05, 0) is 31.2 Å². The Morgan fingerprint density at radius 1 is 1.33 bits per heavy atom. The van der Waals surface area contributed by atoms with Crippen molar-refractivity contribution in [2.45, 2.75) is 46.3 Å². The Labute approximate surface area is 74.7 Å². The highest BCUT2D eigenvalue weighted by molar-refractivity contribution is 4.90. The minimum Gasteiger partial charge on any atom is -0.311 e. The number of halogens is 1. The SMILES string of the molecule is CC1NCCC(C(C)(C)C)C1F. The summed E-state index contributed by atoms with van der Waals surface area (Å²) in [6.45, 7) is 9.28. The van der Waals surface area contributed by atoms with Crippen LogP contribution in [0.3, 0.4) is 0 Å². The van der Waals surface area contributed by atoms with E-state index in [1.807, 2.05) is 6.92 Å². The van der Waals surface area contributed by atoms with Gasteiger partial charge >= 0.3 is 0 Å². The van der Waals surface area contributed by atoms with Gasteiger partial charge in [0.1, 0.15) is 6.17 Å². The Bertz CT molecular complexity index is 150. The van der Waals surface area contributed by atoms with Crippen LogP contribution in [0, 0.1) is 11.3 Å². The van der Waals surface area contributed by atoms with E-state index < -0.39 is 6.17 Å². The predicted molar refractivity (Wildman–Crippen MR) is 49.9 cm³/mol. The maximum atomic E-state index is 13.7. The van der Waals surface area contributed by atoms with Gasteiger partial charge in [0.15, 0.2) is 0 Å². The first kappa shape index (κ1) is 9.97. The summed E-state index contributed by atoms with van der Waals surface area (Å²) in [5.74, 6) is 0.216. The lowest BCUT2D eigenvalue weighted by atomic mass is 9.73. The summed E-state index contributed by atoms with van der Waals surface area (Å²) in [7, 11) is 0. The van der Waals surface area contributed by atoms with E-state index >= 15 is 0 Å². The summed E-state index contributed by atoms with van der Waals surface area (Å²) in [6, 6.07) is 0.0305. The summed E-state index contributed by atoms with van der Waals surface area (Å²) in [5, 5.41) is 3.16. The zero-order valence-corrected chi connectivity index (χ0v) is 8.52. The largest absolute Gasteiger partial charge is 0.311 e. The Morgan fingerprint density at radius 3 is 2.33 bits per heavy atom. The number of hydrogen-bond acceptors (Lipinski definition) is 1. The Kier molecular flexibility index (Phi) is 2.77. The first-order chi connectivity index (χ1) is 5.43. The molecule has 0 aromatic carbocycles. The van der Waals surface area contributed by atoms with Crippen LogP contribution < -0.4 is 5.32 Å². The second-order valence-corrected chi connectivity index (χ2v) is 4.95. The molecule has 0 spiro atoms. The number of alkyl halides is 1. The molecule has 1 fully saturated rings. The topological polar surface area (TPSA) is 12.0 Å². The quantitative estimate of drug-likeness (QED) is 0.593. The van der Waals surface area contributed by atoms with E-state index in [0.717, 1.165) is 13.0 Å². The molecule has 1 nitrogen and oxygen atoms in total. The molecule has 3 atom stereocenters. The molecule has 72 valence electrons. The molecule has 0 radical (unpaired) electrons. The van der Waals surface area contributed by atoms with E-state index in [-0.39, 0.29) is 17.4 Å². The van der Waals surface area contributed by atoms with E-state index in [2.05, 4.69) is 26.1 Å². The summed E-state index contributed by atoms with van der Waals surface area (Å²) in [6.07, 6.45) is 0.286. The van der Waals surface area contributed by atoms with Gasteiger partial charge < -0.3 is 5.32 Å². The molecule has 1 heterocycles. The van der Waals surface area contributed by atoms with E-state index in [9.17, 15) is 4.39 Å². The van der Waals surface area contributed by atoms with Crippen molar-refractivity contribution < 1.29 is 4.39 Å². The van der Waals surface area contributed by atoms with Crippen molar-refractivity contribution in [3.05, 3.63) is 0 Å². The molecule has 0 saturated carbocycles. The third kappa shape index (κ3) is 1.98. The molecule has 0 aliphatic carbocycles. The molecule has 12 heavy (non-hydrogen) atoms. The highest BCUT2D eigenvalue weighted by Crippen LogP contribution is 2.35. The van der Waals surface area contributed by atoms with Gasteiger partial charge in [-0.3, -0.25) is 0 Å². The van der Waals surface area contributed by atoms with Gasteiger partial charge in [0.25, 0.3) is 0 Å². The summed E-state index contributed by atoms with van der Waals surface area (Å²) < 4.78 is 13.7. The Balaban J connectivity index is 2.64. The Morgan fingerprint density at radius 2 is 1.92 bits per heavy atom. The molecule has 1 N–H and O–H groups in total. The first-order valence-electron chi connectivity index (χ1n) is 4.80. The maximum absolute atomic E-state index is 13.7. The predicted octanol–water partition coefficient (Wildman–Crippen LogP) is 2.37. The van der Waals surface area contributed by atoms with Crippen LogP contribution >= 0.6 is 0 Å². The molecule has 1 rings (SSSR count). The summed E-state index contributed by atoms with van der Waals surface area (Å²) >= 11 is 0. The summed E-state index contributed by atoms with van der Waals surface area (Å²) in [4.78, 5) is 0. The van der Waals surface area contributed by atoms with E-state index in [1.54, 1.807) is 0 Å². The molecule has 0 bridgehead atoms. The second kappa shape index (κ2) is 3.33. The lowest BCUT2D eigenvalue weighted by molar-refractivity contribution is 0.0566. The summed E-state index contributed by atoms with van der Waals surface area (Å²) in [5.41, 5.74) is 0.107. The zero-order valence-electron chi connectivity index (χ0n) is 8.52. The lowest BCUT2D eigenvalue weighted by Gasteiger charge is -2.40. The third-order valence-corrected chi connectivity index (χ3v) is 2.90. The van der Waals surface area contributed by atoms with Crippen molar-refractivity contribution >= 4 is 0 Å². The molecule has 2 heteroatoms. The lowest BCUT2D eigenvalue weighted by Crippen LogP contribution is -2.49. The number of piperidine rings is 1. The fourth-order valence-corrected chi connectivity index (χ4v) is 2.00. The highest BCUT2D eigenvalue weighted by Gasteiger charge is 2.37. The molecule has 1 saturated heterocycles. The van der Waals surface area contributed by atoms with Crippen molar-refractivity contribution in [3.8, 4) is 0 Å². The fourth-order valence-electron chi connectivity index (χ4n) is 2.00. The van der Waals surface area contributed by atoms with Crippen LogP contribution in [0.5, 0.6) is 0 Å². The standard InChI is InChI=1S/C10H20FN/c1-7-9(11)8(5-6-12-7)10(2,3)4/h7-9,12H,5-6H2,1-4H3. The van der Waals surface area contributed by atoms with Gasteiger partial charge in [-0.25, -0.2) is 4.39 Å². The van der Waals surface area contributed by atoms with E-state index in [0.29, 0.717) is 0 Å². The van der Waals surface area contributed by atoms with Crippen LogP contribution in [0.2, 0.25) is 0 Å². The molecular weight excluding hydrogens is 153 g/mol.